The molecule has 0 bridgehead atoms. The molecule has 0 spiro atoms. The minimum atomic E-state index is -0.187. The zero-order chi connectivity index (χ0) is 17.2. The number of aryl methyl sites for hydroxylation is 1. The fourth-order valence-corrected chi connectivity index (χ4v) is 3.01. The number of carbonyl (C=O) groups excluding carboxylic acids is 1. The molecule has 0 unspecified atom stereocenters. The molecule has 1 aliphatic heterocycles. The minimum Gasteiger partial charge on any atom is -0.460 e. The Morgan fingerprint density at radius 3 is 2.75 bits per heavy atom. The summed E-state index contributed by atoms with van der Waals surface area (Å²) in [5.41, 5.74) is 0.993. The van der Waals surface area contributed by atoms with E-state index in [1.165, 1.54) is 0 Å². The largest absolute Gasteiger partial charge is 0.460 e. The van der Waals surface area contributed by atoms with E-state index in [-0.39, 0.29) is 11.4 Å². The second-order valence-electron chi connectivity index (χ2n) is 6.49. The fourth-order valence-electron chi connectivity index (χ4n) is 3.01. The van der Waals surface area contributed by atoms with Crippen molar-refractivity contribution in [3.63, 3.8) is 0 Å². The lowest BCUT2D eigenvalue weighted by Crippen LogP contribution is -2.55. The molecule has 0 radical (unpaired) electrons. The van der Waals surface area contributed by atoms with Crippen molar-refractivity contribution in [3.8, 4) is 11.5 Å². The highest BCUT2D eigenvalue weighted by Gasteiger charge is 2.35. The Bertz CT molecular complexity index is 698. The van der Waals surface area contributed by atoms with Gasteiger partial charge in [0.25, 0.3) is 5.91 Å². The highest BCUT2D eigenvalue weighted by atomic mass is 16.5. The Morgan fingerprint density at radius 2 is 2.12 bits per heavy atom. The molecule has 1 saturated heterocycles. The monoisotopic (exact) mass is 332 g/mol. The molecule has 0 aromatic carbocycles. The average Bonchev–Trinajstić information content (AvgIpc) is 3.22. The van der Waals surface area contributed by atoms with Gasteiger partial charge >= 0.3 is 0 Å². The van der Waals surface area contributed by atoms with E-state index < -0.39 is 0 Å². The maximum absolute atomic E-state index is 12.4. The van der Waals surface area contributed by atoms with E-state index in [1.807, 2.05) is 33.2 Å². The topological polar surface area (TPSA) is 83.4 Å². The fraction of sp³-hybridized carbons (Fsp3) is 0.529. The van der Waals surface area contributed by atoms with Gasteiger partial charge in [0.1, 0.15) is 11.5 Å². The zero-order valence-electron chi connectivity index (χ0n) is 14.4. The van der Waals surface area contributed by atoms with Gasteiger partial charge in [-0.15, -0.1) is 0 Å². The Hall–Kier alpha value is -2.12. The first-order valence-corrected chi connectivity index (χ1v) is 8.16. The van der Waals surface area contributed by atoms with Crippen molar-refractivity contribution in [2.24, 2.45) is 0 Å². The lowest BCUT2D eigenvalue weighted by molar-refractivity contribution is -0.00660. The van der Waals surface area contributed by atoms with Crippen LogP contribution in [0.5, 0.6) is 0 Å². The molecule has 1 fully saturated rings. The number of hydrogen-bond donors (Lipinski definition) is 2. The van der Waals surface area contributed by atoms with E-state index in [9.17, 15) is 4.79 Å². The number of H-pyrrole nitrogens is 1. The van der Waals surface area contributed by atoms with Crippen LogP contribution in [0.1, 0.15) is 29.1 Å². The Morgan fingerprint density at radius 1 is 1.38 bits per heavy atom. The van der Waals surface area contributed by atoms with Crippen LogP contribution < -0.4 is 5.32 Å². The van der Waals surface area contributed by atoms with Crippen LogP contribution in [0.2, 0.25) is 0 Å². The third kappa shape index (κ3) is 3.37. The van der Waals surface area contributed by atoms with Gasteiger partial charge in [0.2, 0.25) is 0 Å². The van der Waals surface area contributed by atoms with Gasteiger partial charge in [-0.25, -0.2) is 0 Å². The number of hydrogen-bond acceptors (Lipinski definition) is 5. The van der Waals surface area contributed by atoms with E-state index in [0.29, 0.717) is 23.7 Å². The molecular formula is C17H24N4O3. The number of aromatic nitrogens is 2. The molecular weight excluding hydrogens is 308 g/mol. The van der Waals surface area contributed by atoms with Crippen LogP contribution in [-0.2, 0) is 4.74 Å². The Kier molecular flexibility index (Phi) is 4.73. The molecule has 7 heteroatoms. The van der Waals surface area contributed by atoms with Crippen LogP contribution in [0.15, 0.2) is 22.6 Å². The molecule has 3 heterocycles. The molecule has 130 valence electrons. The van der Waals surface area contributed by atoms with Crippen LogP contribution in [0.3, 0.4) is 0 Å². The Balaban J connectivity index is 1.65. The Labute approximate surface area is 141 Å². The second kappa shape index (κ2) is 6.78. The summed E-state index contributed by atoms with van der Waals surface area (Å²) in [6.45, 7) is 3.89. The molecule has 2 aromatic rings. The van der Waals surface area contributed by atoms with Gasteiger partial charge in [-0.1, -0.05) is 0 Å². The SMILES string of the molecule is Cc1ccc(-c2cc(C(=O)NCC3(N(C)C)CCOCC3)n[nH]2)o1. The number of aromatic amines is 1. The standard InChI is InChI=1S/C17H24N4O3/c1-12-4-5-15(24-12)13-10-14(20-19-13)16(22)18-11-17(21(2)3)6-8-23-9-7-17/h4-5,10H,6-9,11H2,1-3H3,(H,18,22)(H,19,20). The summed E-state index contributed by atoms with van der Waals surface area (Å²) < 4.78 is 11.0. The highest BCUT2D eigenvalue weighted by molar-refractivity contribution is 5.93. The van der Waals surface area contributed by atoms with E-state index in [0.717, 1.165) is 31.8 Å². The number of amides is 1. The number of nitrogens with zero attached hydrogens (tertiary/aromatic N) is 2. The smallest absolute Gasteiger partial charge is 0.271 e. The van der Waals surface area contributed by atoms with E-state index in [1.54, 1.807) is 6.07 Å². The molecule has 0 atom stereocenters. The number of likely N-dealkylation sites (N-methyl/N-ethyl adjacent to an activating group) is 1. The van der Waals surface area contributed by atoms with Crippen LogP contribution in [0.25, 0.3) is 11.5 Å². The lowest BCUT2D eigenvalue weighted by atomic mass is 9.88. The van der Waals surface area contributed by atoms with Crippen molar-refractivity contribution < 1.29 is 13.9 Å². The summed E-state index contributed by atoms with van der Waals surface area (Å²) in [5, 5.41) is 9.96. The van der Waals surface area contributed by atoms with Gasteiger partial charge in [0, 0.05) is 31.4 Å². The third-order valence-electron chi connectivity index (χ3n) is 4.77. The van der Waals surface area contributed by atoms with Gasteiger partial charge in [-0.2, -0.15) is 5.10 Å². The van der Waals surface area contributed by atoms with Crippen LogP contribution >= 0.6 is 0 Å². The van der Waals surface area contributed by atoms with Crippen molar-refractivity contribution in [1.82, 2.24) is 20.4 Å². The molecule has 2 N–H and O–H groups in total. The van der Waals surface area contributed by atoms with Crippen LogP contribution in [-0.4, -0.2) is 60.4 Å². The number of furan rings is 1. The minimum absolute atomic E-state index is 0.0643. The normalized spacial score (nSPS) is 17.2. The van der Waals surface area contributed by atoms with Gasteiger partial charge in [0.15, 0.2) is 11.5 Å². The van der Waals surface area contributed by atoms with Crippen molar-refractivity contribution >= 4 is 5.91 Å². The van der Waals surface area contributed by atoms with Crippen LogP contribution in [0.4, 0.5) is 0 Å². The second-order valence-corrected chi connectivity index (χ2v) is 6.49. The van der Waals surface area contributed by atoms with Crippen molar-refractivity contribution in [2.45, 2.75) is 25.3 Å². The van der Waals surface area contributed by atoms with Gasteiger partial charge in [0.05, 0.1) is 0 Å². The summed E-state index contributed by atoms with van der Waals surface area (Å²) in [4.78, 5) is 14.6. The van der Waals surface area contributed by atoms with Gasteiger partial charge in [-0.05, 0) is 46.0 Å². The average molecular weight is 332 g/mol. The molecule has 24 heavy (non-hydrogen) atoms. The number of ether oxygens (including phenoxy) is 1. The molecule has 0 aliphatic carbocycles. The van der Waals surface area contributed by atoms with Crippen molar-refractivity contribution in [3.05, 3.63) is 29.7 Å². The van der Waals surface area contributed by atoms with E-state index in [2.05, 4.69) is 20.4 Å². The van der Waals surface area contributed by atoms with Gasteiger partial charge in [-0.3, -0.25) is 9.89 Å². The van der Waals surface area contributed by atoms with Crippen LogP contribution in [0, 0.1) is 6.92 Å². The summed E-state index contributed by atoms with van der Waals surface area (Å²) >= 11 is 0. The first-order valence-electron chi connectivity index (χ1n) is 8.16. The van der Waals surface area contributed by atoms with Crippen molar-refractivity contribution in [2.75, 3.05) is 33.9 Å². The van der Waals surface area contributed by atoms with Gasteiger partial charge < -0.3 is 19.4 Å². The summed E-state index contributed by atoms with van der Waals surface area (Å²) in [5.74, 6) is 1.31. The molecule has 1 aliphatic rings. The molecule has 2 aromatic heterocycles. The molecule has 0 saturated carbocycles. The van der Waals surface area contributed by atoms with E-state index in [4.69, 9.17) is 9.15 Å². The van der Waals surface area contributed by atoms with Crippen molar-refractivity contribution in [1.29, 1.82) is 0 Å². The summed E-state index contributed by atoms with van der Waals surface area (Å²) in [6, 6.07) is 5.44. The number of rotatable bonds is 5. The number of nitrogens with one attached hydrogen (secondary N) is 2. The molecule has 7 nitrogen and oxygen atoms in total. The third-order valence-corrected chi connectivity index (χ3v) is 4.77. The number of carbonyl (C=O) groups is 1. The molecule has 1 amide bonds. The predicted octanol–water partition coefficient (Wildman–Crippen LogP) is 1.82. The molecule has 3 rings (SSSR count). The highest BCUT2D eigenvalue weighted by Crippen LogP contribution is 2.25. The van der Waals surface area contributed by atoms with E-state index >= 15 is 0 Å². The summed E-state index contributed by atoms with van der Waals surface area (Å²) in [7, 11) is 4.09. The predicted molar refractivity (Wildman–Crippen MR) is 89.8 cm³/mol. The maximum Gasteiger partial charge on any atom is 0.271 e. The first kappa shape index (κ1) is 16.7. The maximum atomic E-state index is 12.4. The lowest BCUT2D eigenvalue weighted by Gasteiger charge is -2.42. The zero-order valence-corrected chi connectivity index (χ0v) is 14.4. The first-order chi connectivity index (χ1) is 11.5. The summed E-state index contributed by atoms with van der Waals surface area (Å²) in [6.07, 6.45) is 1.80. The quantitative estimate of drug-likeness (QED) is 0.872.